The van der Waals surface area contributed by atoms with Gasteiger partial charge in [-0.15, -0.1) is 0 Å². The van der Waals surface area contributed by atoms with Crippen LogP contribution in [0, 0.1) is 0 Å². The maximum Gasteiger partial charge on any atom is 0.405 e. The van der Waals surface area contributed by atoms with E-state index in [1.807, 2.05) is 0 Å². The second kappa shape index (κ2) is 32.7. The van der Waals surface area contributed by atoms with E-state index < -0.39 is 7.94 Å². The van der Waals surface area contributed by atoms with E-state index in [1.54, 1.807) is 6.66 Å². The van der Waals surface area contributed by atoms with Gasteiger partial charge in [0.25, 0.3) is 0 Å². The van der Waals surface area contributed by atoms with Crippen LogP contribution in [0.2, 0.25) is 0 Å². The smallest absolute Gasteiger partial charge is 0.379 e. The Bertz CT molecular complexity index is 587. The van der Waals surface area contributed by atoms with Crippen molar-refractivity contribution in [2.24, 2.45) is 0 Å². The summed E-state index contributed by atoms with van der Waals surface area (Å²) in [5.41, 5.74) is 0. The first-order valence-electron chi connectivity index (χ1n) is 19.6. The van der Waals surface area contributed by atoms with E-state index in [4.69, 9.17) is 18.5 Å². The monoisotopic (exact) mass is 664 g/mol. The summed E-state index contributed by atoms with van der Waals surface area (Å²) < 4.78 is 24.6. The average molecular weight is 664 g/mol. The summed E-state index contributed by atoms with van der Waals surface area (Å²) in [5, 5.41) is 0. The number of likely N-dealkylation sites (N-methyl/N-ethyl adjacent to an activating group) is 1. The Labute approximate surface area is 283 Å². The fraction of sp³-hybridized carbons (Fsp3) is 1.00. The minimum atomic E-state index is -2.87. The molecule has 0 aromatic heterocycles. The molecule has 7 heteroatoms. The molecule has 0 bridgehead atoms. The van der Waals surface area contributed by atoms with Gasteiger partial charge in [-0.3, -0.25) is 0 Å². The minimum absolute atomic E-state index is 0.173. The van der Waals surface area contributed by atoms with E-state index >= 15 is 0 Å². The molecule has 0 radical (unpaired) electrons. The van der Waals surface area contributed by atoms with Gasteiger partial charge in [-0.1, -0.05) is 162 Å². The van der Waals surface area contributed by atoms with E-state index in [0.29, 0.717) is 19.8 Å². The highest BCUT2D eigenvalue weighted by Crippen LogP contribution is 2.52. The molecule has 0 amide bonds. The third-order valence-electron chi connectivity index (χ3n) is 8.64. The van der Waals surface area contributed by atoms with E-state index in [0.717, 1.165) is 37.1 Å². The molecule has 0 fully saturated rings. The minimum Gasteiger partial charge on any atom is -0.379 e. The summed E-state index contributed by atoms with van der Waals surface area (Å²) in [7, 11) is 3.48. The Balaban J connectivity index is 4.11. The van der Waals surface area contributed by atoms with Crippen molar-refractivity contribution in [2.45, 2.75) is 180 Å². The topological polar surface area (TPSA) is 57.2 Å². The number of rotatable bonds is 37. The van der Waals surface area contributed by atoms with E-state index in [1.165, 1.54) is 148 Å². The summed E-state index contributed by atoms with van der Waals surface area (Å²) >= 11 is 0. The summed E-state index contributed by atoms with van der Waals surface area (Å²) in [4.78, 5) is 10.7. The van der Waals surface area contributed by atoms with Crippen LogP contribution in [0.15, 0.2) is 0 Å². The first-order valence-corrected chi connectivity index (χ1v) is 21.6. The third-order valence-corrected chi connectivity index (χ3v) is 9.93. The van der Waals surface area contributed by atoms with Crippen LogP contribution in [0.5, 0.6) is 0 Å². The highest BCUT2D eigenvalue weighted by atomic mass is 31.2. The molecule has 0 rings (SSSR count). The first-order chi connectivity index (χ1) is 21.7. The number of hydrogen-bond donors (Lipinski definition) is 1. The van der Waals surface area contributed by atoms with Crippen molar-refractivity contribution in [1.29, 1.82) is 0 Å². The molecule has 0 aliphatic heterocycles. The molecule has 0 heterocycles. The van der Waals surface area contributed by atoms with Gasteiger partial charge in [-0.05, 0) is 12.8 Å². The zero-order chi connectivity index (χ0) is 33.3. The Morgan fingerprint density at radius 3 is 1.27 bits per heavy atom. The number of ether oxygens (including phenoxy) is 2. The normalized spacial score (nSPS) is 14.2. The maximum atomic E-state index is 10.7. The van der Waals surface area contributed by atoms with Gasteiger partial charge < -0.3 is 14.0 Å². The van der Waals surface area contributed by atoms with E-state index in [9.17, 15) is 4.89 Å². The summed E-state index contributed by atoms with van der Waals surface area (Å²) in [6.45, 7) is 9.85. The zero-order valence-electron chi connectivity index (χ0n) is 31.5. The predicted molar refractivity (Wildman–Crippen MR) is 197 cm³/mol. The lowest BCUT2D eigenvalue weighted by Gasteiger charge is -2.24. The van der Waals surface area contributed by atoms with Crippen LogP contribution in [-0.2, 0) is 18.5 Å². The second-order valence-electron chi connectivity index (χ2n) is 14.6. The second-order valence-corrected chi connectivity index (χ2v) is 16.8. The first kappa shape index (κ1) is 45.2. The van der Waals surface area contributed by atoms with Crippen LogP contribution in [0.1, 0.15) is 174 Å². The molecular formula is C38H82NO5P+2. The molecule has 0 saturated carbocycles. The lowest BCUT2D eigenvalue weighted by atomic mass is 10.0. The Morgan fingerprint density at radius 1 is 0.489 bits per heavy atom. The number of quaternary nitrogens is 1. The maximum absolute atomic E-state index is 10.7. The quantitative estimate of drug-likeness (QED) is 0.0407. The molecule has 0 saturated heterocycles. The number of nitrogens with zero attached hydrogens (tertiary/aromatic N) is 1. The van der Waals surface area contributed by atoms with Crippen molar-refractivity contribution >= 4 is 7.94 Å². The van der Waals surface area contributed by atoms with Gasteiger partial charge in [0.1, 0.15) is 32.5 Å². The van der Waals surface area contributed by atoms with Gasteiger partial charge in [-0.25, -0.2) is 0 Å². The number of hydrogen-bond acceptors (Lipinski definition) is 5. The molecule has 272 valence electrons. The molecule has 1 N–H and O–H groups in total. The molecule has 1 unspecified atom stereocenters. The van der Waals surface area contributed by atoms with Crippen LogP contribution >= 0.6 is 7.94 Å². The standard InChI is InChI=1S/C38H82NO5P/c1-7-9-11-13-15-17-19-21-22-24-26-28-30-33-41-36-38(37-44-45(6,40)43-35-32-39(3,4)5)42-34-31-29-27-25-23-20-18-16-14-12-10-8-2/h38,40H,7-37H2,1-6H3/q+2/t38-,45?/m1/s1. The van der Waals surface area contributed by atoms with Crippen LogP contribution < -0.4 is 0 Å². The van der Waals surface area contributed by atoms with Crippen LogP contribution in [0.4, 0.5) is 0 Å². The van der Waals surface area contributed by atoms with Crippen molar-refractivity contribution in [1.82, 2.24) is 0 Å². The number of unbranched alkanes of at least 4 members (excludes halogenated alkanes) is 23. The van der Waals surface area contributed by atoms with E-state index in [2.05, 4.69) is 35.0 Å². The fourth-order valence-electron chi connectivity index (χ4n) is 5.52. The van der Waals surface area contributed by atoms with Gasteiger partial charge >= 0.3 is 7.94 Å². The Hall–Kier alpha value is 0.190. The Kier molecular flexibility index (Phi) is 32.9. The SMILES string of the molecule is CCCCCCCCCCCCCCCOC[C@H](CO[P+](C)(O)OCC[N+](C)(C)C)OCCCCCCCCCCCCCC. The summed E-state index contributed by atoms with van der Waals surface area (Å²) in [6.07, 6.45) is 33.5. The van der Waals surface area contributed by atoms with Crippen molar-refractivity contribution < 1.29 is 27.9 Å². The van der Waals surface area contributed by atoms with Crippen LogP contribution in [-0.4, -0.2) is 82.9 Å². The van der Waals surface area contributed by atoms with E-state index in [-0.39, 0.29) is 6.10 Å². The van der Waals surface area contributed by atoms with Crippen molar-refractivity contribution in [3.8, 4) is 0 Å². The van der Waals surface area contributed by atoms with Crippen molar-refractivity contribution in [3.05, 3.63) is 0 Å². The summed E-state index contributed by atoms with van der Waals surface area (Å²) in [6, 6.07) is 0. The Morgan fingerprint density at radius 2 is 0.867 bits per heavy atom. The van der Waals surface area contributed by atoms with Gasteiger partial charge in [0.05, 0.1) is 27.7 Å². The highest BCUT2D eigenvalue weighted by molar-refractivity contribution is 7.59. The lowest BCUT2D eigenvalue weighted by Crippen LogP contribution is -2.37. The van der Waals surface area contributed by atoms with Crippen LogP contribution in [0.3, 0.4) is 0 Å². The fourth-order valence-corrected chi connectivity index (χ4v) is 6.45. The molecule has 0 aliphatic carbocycles. The third kappa shape index (κ3) is 36.9. The lowest BCUT2D eigenvalue weighted by molar-refractivity contribution is -0.870. The van der Waals surface area contributed by atoms with Gasteiger partial charge in [-0.2, -0.15) is 13.9 Å². The molecule has 0 aromatic carbocycles. The molecular weight excluding hydrogens is 581 g/mol. The molecule has 0 spiro atoms. The largest absolute Gasteiger partial charge is 0.405 e. The molecule has 0 aliphatic rings. The van der Waals surface area contributed by atoms with Crippen molar-refractivity contribution in [2.75, 3.05) is 67.4 Å². The van der Waals surface area contributed by atoms with Gasteiger partial charge in [0.2, 0.25) is 0 Å². The average Bonchev–Trinajstić information content (AvgIpc) is 2.99. The van der Waals surface area contributed by atoms with Gasteiger partial charge in [0.15, 0.2) is 0 Å². The van der Waals surface area contributed by atoms with Gasteiger partial charge in [0, 0.05) is 13.2 Å². The van der Waals surface area contributed by atoms with Crippen LogP contribution in [0.25, 0.3) is 0 Å². The highest BCUT2D eigenvalue weighted by Gasteiger charge is 2.35. The zero-order valence-corrected chi connectivity index (χ0v) is 32.4. The van der Waals surface area contributed by atoms with Crippen molar-refractivity contribution in [3.63, 3.8) is 0 Å². The molecule has 2 atom stereocenters. The molecule has 0 aromatic rings. The molecule has 6 nitrogen and oxygen atoms in total. The molecule has 45 heavy (non-hydrogen) atoms. The summed E-state index contributed by atoms with van der Waals surface area (Å²) in [5.74, 6) is 0. The predicted octanol–water partition coefficient (Wildman–Crippen LogP) is 11.3.